The van der Waals surface area contributed by atoms with Crippen LogP contribution in [0.2, 0.25) is 0 Å². The first-order chi connectivity index (χ1) is 8.55. The van der Waals surface area contributed by atoms with Gasteiger partial charge in [-0.3, -0.25) is 5.57 Å². The number of fused-ring (bicyclic) bond motifs is 1. The predicted octanol–water partition coefficient (Wildman–Crippen LogP) is 4.84. The van der Waals surface area contributed by atoms with Gasteiger partial charge in [0.1, 0.15) is 0 Å². The second-order valence-electron chi connectivity index (χ2n) is 6.10. The van der Waals surface area contributed by atoms with Gasteiger partial charge in [-0.15, -0.1) is 0 Å². The fourth-order valence-electron chi connectivity index (χ4n) is 3.77. The van der Waals surface area contributed by atoms with Crippen molar-refractivity contribution in [2.24, 2.45) is 17.3 Å². The van der Waals surface area contributed by atoms with Crippen LogP contribution in [-0.2, 0) is 21.7 Å². The molecular weight excluding hydrogens is 264 g/mol. The van der Waals surface area contributed by atoms with Crippen LogP contribution in [0.3, 0.4) is 0 Å². The van der Waals surface area contributed by atoms with Gasteiger partial charge in [-0.25, -0.2) is 0 Å². The third-order valence-electron chi connectivity index (χ3n) is 5.39. The van der Waals surface area contributed by atoms with E-state index in [9.17, 15) is 0 Å². The fraction of sp³-hybridized carbons (Fsp3) is 0.444. The minimum Gasteiger partial charge on any atom is -0.494 e. The van der Waals surface area contributed by atoms with Gasteiger partial charge in [0.15, 0.2) is 0 Å². The van der Waals surface area contributed by atoms with E-state index in [4.69, 9.17) is 0 Å². The van der Waals surface area contributed by atoms with Crippen molar-refractivity contribution in [3.05, 3.63) is 53.1 Å². The second kappa shape index (κ2) is 5.07. The van der Waals surface area contributed by atoms with E-state index in [0.29, 0.717) is 17.8 Å². The first-order valence-corrected chi connectivity index (χ1v) is 6.93. The molecule has 98 valence electrons. The molecule has 0 bridgehead atoms. The number of rotatable bonds is 1. The molecule has 0 radical (unpaired) electrons. The summed E-state index contributed by atoms with van der Waals surface area (Å²) in [4.78, 5) is 0. The van der Waals surface area contributed by atoms with Crippen LogP contribution >= 0.6 is 0 Å². The molecule has 3 rings (SSSR count). The van der Waals surface area contributed by atoms with Gasteiger partial charge in [0.05, 0.1) is 0 Å². The van der Waals surface area contributed by atoms with Gasteiger partial charge in [-0.2, -0.15) is 5.92 Å². The van der Waals surface area contributed by atoms with E-state index in [1.54, 1.807) is 0 Å². The third-order valence-corrected chi connectivity index (χ3v) is 5.39. The smallest absolute Gasteiger partial charge is 0.00930 e. The Balaban J connectivity index is 0.00000133. The Labute approximate surface area is 131 Å². The Morgan fingerprint density at radius 3 is 2.47 bits per heavy atom. The molecule has 4 unspecified atom stereocenters. The Bertz CT molecular complexity index is 540. The molecule has 0 fully saturated rings. The van der Waals surface area contributed by atoms with Gasteiger partial charge >= 0.3 is 0 Å². The molecule has 2 aliphatic rings. The number of allylic oxidation sites excluding steroid dienone is 3. The molecule has 0 N–H and O–H groups in total. The van der Waals surface area contributed by atoms with E-state index < -0.39 is 0 Å². The van der Waals surface area contributed by atoms with Gasteiger partial charge in [0.25, 0.3) is 0 Å². The molecule has 0 heterocycles. The standard InChI is InChI=1S/C18H21.Ti/c1-12-11-13(2)18(4,14(12)3)17-10-9-15-7-5-6-8-16(15)17;/h5-10,12,14,17H,1-4H3;/q-1;. The van der Waals surface area contributed by atoms with Crippen LogP contribution in [0.4, 0.5) is 0 Å². The topological polar surface area (TPSA) is 0 Å². The van der Waals surface area contributed by atoms with Crippen molar-refractivity contribution < 1.29 is 21.7 Å². The molecule has 0 saturated carbocycles. The SMILES string of the molecule is CC1=[C-]C(C)C(C)C1(C)C1C=Cc2ccccc21.[Ti]. The predicted molar refractivity (Wildman–Crippen MR) is 77.1 cm³/mol. The summed E-state index contributed by atoms with van der Waals surface area (Å²) in [5, 5.41) is 0. The van der Waals surface area contributed by atoms with E-state index in [1.165, 1.54) is 16.7 Å². The molecular formula is C18H21Ti-. The minimum atomic E-state index is 0. The first kappa shape index (κ1) is 14.8. The molecule has 1 aromatic rings. The summed E-state index contributed by atoms with van der Waals surface area (Å²) < 4.78 is 0. The molecule has 1 aromatic carbocycles. The molecule has 0 saturated heterocycles. The van der Waals surface area contributed by atoms with Crippen molar-refractivity contribution in [2.75, 3.05) is 0 Å². The average molecular weight is 285 g/mol. The van der Waals surface area contributed by atoms with Gasteiger partial charge in [-0.05, 0) is 16.5 Å². The van der Waals surface area contributed by atoms with Crippen molar-refractivity contribution in [1.29, 1.82) is 0 Å². The quantitative estimate of drug-likeness (QED) is 0.512. The molecule has 0 aliphatic heterocycles. The van der Waals surface area contributed by atoms with Crippen molar-refractivity contribution >= 4 is 6.08 Å². The third kappa shape index (κ3) is 2.01. The maximum absolute atomic E-state index is 3.65. The summed E-state index contributed by atoms with van der Waals surface area (Å²) in [6.07, 6.45) is 8.33. The summed E-state index contributed by atoms with van der Waals surface area (Å²) >= 11 is 0. The summed E-state index contributed by atoms with van der Waals surface area (Å²) in [5.74, 6) is 1.73. The molecule has 1 heteroatoms. The van der Waals surface area contributed by atoms with Crippen LogP contribution in [-0.4, -0.2) is 0 Å². The average Bonchev–Trinajstić information content (AvgIpc) is 2.87. The van der Waals surface area contributed by atoms with Crippen molar-refractivity contribution in [3.8, 4) is 0 Å². The first-order valence-electron chi connectivity index (χ1n) is 6.93. The Kier molecular flexibility index (Phi) is 3.96. The van der Waals surface area contributed by atoms with Crippen LogP contribution < -0.4 is 0 Å². The number of hydrogen-bond donors (Lipinski definition) is 0. The largest absolute Gasteiger partial charge is 0.494 e. The molecule has 2 aliphatic carbocycles. The maximum Gasteiger partial charge on any atom is 0.00930 e. The van der Waals surface area contributed by atoms with Crippen LogP contribution in [0.1, 0.15) is 44.7 Å². The van der Waals surface area contributed by atoms with Crippen LogP contribution in [0, 0.1) is 23.3 Å². The van der Waals surface area contributed by atoms with Gasteiger partial charge < -0.3 is 6.08 Å². The monoisotopic (exact) mass is 285 g/mol. The zero-order chi connectivity index (χ0) is 12.9. The summed E-state index contributed by atoms with van der Waals surface area (Å²) in [6.45, 7) is 9.35. The summed E-state index contributed by atoms with van der Waals surface area (Å²) in [5.41, 5.74) is 4.54. The molecule has 0 aromatic heterocycles. The molecule has 19 heavy (non-hydrogen) atoms. The van der Waals surface area contributed by atoms with Gasteiger partial charge in [0, 0.05) is 27.6 Å². The van der Waals surface area contributed by atoms with Crippen molar-refractivity contribution in [3.63, 3.8) is 0 Å². The van der Waals surface area contributed by atoms with Gasteiger partial charge in [0.2, 0.25) is 0 Å². The molecule has 0 spiro atoms. The number of hydrogen-bond acceptors (Lipinski definition) is 0. The number of benzene rings is 1. The Hall–Kier alpha value is -0.586. The minimum absolute atomic E-state index is 0. The van der Waals surface area contributed by atoms with Crippen LogP contribution in [0.15, 0.2) is 35.9 Å². The zero-order valence-electron chi connectivity index (χ0n) is 12.2. The van der Waals surface area contributed by atoms with Crippen LogP contribution in [0.25, 0.3) is 6.08 Å². The normalized spacial score (nSPS) is 35.8. The van der Waals surface area contributed by atoms with Crippen molar-refractivity contribution in [1.82, 2.24) is 0 Å². The van der Waals surface area contributed by atoms with E-state index in [0.717, 1.165) is 0 Å². The molecule has 4 atom stereocenters. The summed E-state index contributed by atoms with van der Waals surface area (Å²) in [6, 6.07) is 8.80. The van der Waals surface area contributed by atoms with E-state index in [2.05, 4.69) is 70.2 Å². The Morgan fingerprint density at radius 1 is 1.16 bits per heavy atom. The maximum atomic E-state index is 3.65. The Morgan fingerprint density at radius 2 is 1.84 bits per heavy atom. The van der Waals surface area contributed by atoms with Crippen LogP contribution in [0.5, 0.6) is 0 Å². The van der Waals surface area contributed by atoms with E-state index in [1.807, 2.05) is 0 Å². The molecule has 0 nitrogen and oxygen atoms in total. The van der Waals surface area contributed by atoms with E-state index in [-0.39, 0.29) is 27.1 Å². The van der Waals surface area contributed by atoms with Gasteiger partial charge in [-0.1, -0.05) is 70.0 Å². The fourth-order valence-corrected chi connectivity index (χ4v) is 3.77. The zero-order valence-corrected chi connectivity index (χ0v) is 13.8. The molecule has 0 amide bonds. The van der Waals surface area contributed by atoms with E-state index >= 15 is 0 Å². The van der Waals surface area contributed by atoms with Crippen molar-refractivity contribution in [2.45, 2.75) is 33.6 Å². The second-order valence-corrected chi connectivity index (χ2v) is 6.10. The summed E-state index contributed by atoms with van der Waals surface area (Å²) in [7, 11) is 0.